The first-order valence-electron chi connectivity index (χ1n) is 11.2. The number of aryl methyl sites for hydroxylation is 2. The van der Waals surface area contributed by atoms with Crippen molar-refractivity contribution < 1.29 is 29.7 Å². The van der Waals surface area contributed by atoms with Crippen LogP contribution < -0.4 is 0 Å². The molecule has 3 atom stereocenters. The van der Waals surface area contributed by atoms with Gasteiger partial charge >= 0.3 is 0 Å². The van der Waals surface area contributed by atoms with Crippen LogP contribution in [-0.4, -0.2) is 39.3 Å². The Morgan fingerprint density at radius 3 is 2.45 bits per heavy atom. The quantitative estimate of drug-likeness (QED) is 0.545. The lowest BCUT2D eigenvalue weighted by molar-refractivity contribution is -0.129. The van der Waals surface area contributed by atoms with Crippen molar-refractivity contribution in [3.05, 3.63) is 39.7 Å². The van der Waals surface area contributed by atoms with E-state index in [9.17, 15) is 29.7 Å². The smallest absolute Gasteiger partial charge is 0.196 e. The summed E-state index contributed by atoms with van der Waals surface area (Å²) in [5.41, 5.74) is 3.02. The molecule has 1 aromatic carbocycles. The molecular formula is C25H32O6. The van der Waals surface area contributed by atoms with Gasteiger partial charge in [0.05, 0.1) is 17.9 Å². The zero-order valence-electron chi connectivity index (χ0n) is 18.5. The highest BCUT2D eigenvalue weighted by atomic mass is 16.3. The number of ketones is 3. The van der Waals surface area contributed by atoms with Gasteiger partial charge in [-0.05, 0) is 67.6 Å². The Labute approximate surface area is 183 Å². The summed E-state index contributed by atoms with van der Waals surface area (Å²) in [5.74, 6) is -3.05. The molecule has 168 valence electrons. The summed E-state index contributed by atoms with van der Waals surface area (Å²) in [7, 11) is 0. The topological polar surface area (TPSA) is 112 Å². The SMILES string of the molecule is CCCc1cc(CC)c(O)c2c1CC1CC(CCO)C(C(=O)CC(C)=O)C(O)=C1C2=O. The molecule has 0 amide bonds. The molecular weight excluding hydrogens is 396 g/mol. The minimum absolute atomic E-state index is 0.0369. The summed E-state index contributed by atoms with van der Waals surface area (Å²) in [6, 6.07) is 1.98. The summed E-state index contributed by atoms with van der Waals surface area (Å²) in [6.45, 7) is 5.16. The predicted molar refractivity (Wildman–Crippen MR) is 116 cm³/mol. The molecule has 0 saturated heterocycles. The fourth-order valence-corrected chi connectivity index (χ4v) is 5.38. The van der Waals surface area contributed by atoms with Crippen LogP contribution in [0.1, 0.15) is 73.5 Å². The van der Waals surface area contributed by atoms with E-state index in [-0.39, 0.29) is 53.3 Å². The minimum Gasteiger partial charge on any atom is -0.511 e. The Balaban J connectivity index is 2.16. The molecule has 0 aliphatic heterocycles. The van der Waals surface area contributed by atoms with Crippen molar-refractivity contribution >= 4 is 17.3 Å². The first-order chi connectivity index (χ1) is 14.7. The Bertz CT molecular complexity index is 942. The van der Waals surface area contributed by atoms with E-state index in [0.717, 1.165) is 24.0 Å². The Morgan fingerprint density at radius 2 is 1.87 bits per heavy atom. The van der Waals surface area contributed by atoms with E-state index in [4.69, 9.17) is 0 Å². The number of hydrogen-bond donors (Lipinski definition) is 3. The number of carbonyl (C=O) groups excluding carboxylic acids is 3. The van der Waals surface area contributed by atoms with Crippen LogP contribution in [0.2, 0.25) is 0 Å². The van der Waals surface area contributed by atoms with Crippen LogP contribution in [0, 0.1) is 17.8 Å². The van der Waals surface area contributed by atoms with Gasteiger partial charge in [0.25, 0.3) is 0 Å². The molecule has 0 heterocycles. The number of aromatic hydroxyl groups is 1. The average Bonchev–Trinajstić information content (AvgIpc) is 2.69. The first-order valence-corrected chi connectivity index (χ1v) is 11.2. The van der Waals surface area contributed by atoms with Crippen LogP contribution in [0.15, 0.2) is 17.4 Å². The zero-order valence-corrected chi connectivity index (χ0v) is 18.5. The highest BCUT2D eigenvalue weighted by Gasteiger charge is 2.46. The Kier molecular flexibility index (Phi) is 6.99. The van der Waals surface area contributed by atoms with E-state index in [1.165, 1.54) is 6.92 Å². The van der Waals surface area contributed by atoms with Crippen LogP contribution in [0.25, 0.3) is 0 Å². The molecule has 2 aliphatic rings. The maximum atomic E-state index is 13.6. The lowest BCUT2D eigenvalue weighted by atomic mass is 9.64. The van der Waals surface area contributed by atoms with E-state index >= 15 is 0 Å². The molecule has 0 saturated carbocycles. The summed E-state index contributed by atoms with van der Waals surface area (Å²) in [5, 5.41) is 31.5. The molecule has 0 aromatic heterocycles. The third-order valence-corrected chi connectivity index (χ3v) is 6.71. The molecule has 3 unspecified atom stereocenters. The molecule has 0 fully saturated rings. The largest absolute Gasteiger partial charge is 0.511 e. The normalized spacial score (nSPS) is 22.8. The van der Waals surface area contributed by atoms with E-state index in [0.29, 0.717) is 31.2 Å². The molecule has 1 aromatic rings. The Hall–Kier alpha value is -2.47. The fourth-order valence-electron chi connectivity index (χ4n) is 5.38. The average molecular weight is 429 g/mol. The first kappa shape index (κ1) is 23.2. The number of Topliss-reactive ketones (excluding diaryl/α,β-unsaturated/α-hetero) is 3. The van der Waals surface area contributed by atoms with Crippen molar-refractivity contribution in [1.82, 2.24) is 0 Å². The summed E-state index contributed by atoms with van der Waals surface area (Å²) >= 11 is 0. The number of carbonyl (C=O) groups is 3. The maximum absolute atomic E-state index is 13.6. The van der Waals surface area contributed by atoms with Crippen LogP contribution in [0.5, 0.6) is 5.75 Å². The van der Waals surface area contributed by atoms with Crippen molar-refractivity contribution in [2.24, 2.45) is 17.8 Å². The number of aliphatic hydroxyl groups is 2. The number of benzene rings is 1. The van der Waals surface area contributed by atoms with E-state index in [1.807, 2.05) is 13.0 Å². The predicted octanol–water partition coefficient (Wildman–Crippen LogP) is 3.64. The fraction of sp³-hybridized carbons (Fsp3) is 0.560. The molecule has 0 bridgehead atoms. The van der Waals surface area contributed by atoms with Crippen LogP contribution >= 0.6 is 0 Å². The van der Waals surface area contributed by atoms with E-state index < -0.39 is 17.5 Å². The lowest BCUT2D eigenvalue weighted by Crippen LogP contribution is -2.39. The van der Waals surface area contributed by atoms with Crippen molar-refractivity contribution in [2.75, 3.05) is 6.61 Å². The standard InChI is InChI=1S/C25H32O6/c1-4-6-15-10-14(5-2)23(29)22-18(15)12-17-11-16(7-8-26)20(19(28)9-13(3)27)24(30)21(17)25(22)31/h10,16-17,20,26,29-30H,4-9,11-12H2,1-3H3. The number of fused-ring (bicyclic) bond motifs is 2. The summed E-state index contributed by atoms with van der Waals surface area (Å²) in [6.07, 6.45) is 3.25. The Morgan fingerprint density at radius 1 is 1.16 bits per heavy atom. The van der Waals surface area contributed by atoms with Crippen molar-refractivity contribution in [3.63, 3.8) is 0 Å². The monoisotopic (exact) mass is 428 g/mol. The number of aliphatic hydroxyl groups excluding tert-OH is 2. The molecule has 0 spiro atoms. The number of allylic oxidation sites excluding steroid dienone is 2. The highest BCUT2D eigenvalue weighted by molar-refractivity contribution is 6.14. The number of rotatable bonds is 8. The minimum atomic E-state index is -0.973. The van der Waals surface area contributed by atoms with Gasteiger partial charge in [-0.15, -0.1) is 0 Å². The van der Waals surface area contributed by atoms with E-state index in [1.54, 1.807) is 0 Å². The third-order valence-electron chi connectivity index (χ3n) is 6.71. The van der Waals surface area contributed by atoms with Gasteiger partial charge < -0.3 is 15.3 Å². The van der Waals surface area contributed by atoms with Crippen molar-refractivity contribution in [2.45, 2.75) is 65.7 Å². The molecule has 6 nitrogen and oxygen atoms in total. The molecule has 0 radical (unpaired) electrons. The van der Waals surface area contributed by atoms with Crippen LogP contribution in [-0.2, 0) is 28.9 Å². The maximum Gasteiger partial charge on any atom is 0.196 e. The van der Waals surface area contributed by atoms with Crippen LogP contribution in [0.4, 0.5) is 0 Å². The third kappa shape index (κ3) is 4.18. The molecule has 3 rings (SSSR count). The number of hydrogen-bond acceptors (Lipinski definition) is 6. The van der Waals surface area contributed by atoms with Gasteiger partial charge in [0.1, 0.15) is 17.3 Å². The van der Waals surface area contributed by atoms with Gasteiger partial charge in [-0.2, -0.15) is 0 Å². The van der Waals surface area contributed by atoms with Gasteiger partial charge in [0, 0.05) is 12.2 Å². The second-order valence-electron chi connectivity index (χ2n) is 8.86. The van der Waals surface area contributed by atoms with Gasteiger partial charge in [-0.25, -0.2) is 0 Å². The lowest BCUT2D eigenvalue weighted by Gasteiger charge is -2.39. The van der Waals surface area contributed by atoms with Crippen molar-refractivity contribution in [3.8, 4) is 5.75 Å². The molecule has 31 heavy (non-hydrogen) atoms. The van der Waals surface area contributed by atoms with E-state index in [2.05, 4.69) is 6.92 Å². The number of phenols is 1. The highest BCUT2D eigenvalue weighted by Crippen LogP contribution is 2.48. The molecule has 6 heteroatoms. The second kappa shape index (κ2) is 9.35. The zero-order chi connectivity index (χ0) is 22.9. The van der Waals surface area contributed by atoms with Gasteiger partial charge in [-0.3, -0.25) is 14.4 Å². The van der Waals surface area contributed by atoms with Crippen LogP contribution in [0.3, 0.4) is 0 Å². The molecule has 2 aliphatic carbocycles. The van der Waals surface area contributed by atoms with Gasteiger partial charge in [0.15, 0.2) is 11.6 Å². The molecule has 3 N–H and O–H groups in total. The number of phenolic OH excluding ortho intramolecular Hbond substituents is 1. The van der Waals surface area contributed by atoms with Gasteiger partial charge in [-0.1, -0.05) is 26.3 Å². The second-order valence-corrected chi connectivity index (χ2v) is 8.86. The van der Waals surface area contributed by atoms with Gasteiger partial charge in [0.2, 0.25) is 0 Å². The summed E-state index contributed by atoms with van der Waals surface area (Å²) < 4.78 is 0. The van der Waals surface area contributed by atoms with Crippen molar-refractivity contribution in [1.29, 1.82) is 0 Å². The summed E-state index contributed by atoms with van der Waals surface area (Å²) in [4.78, 5) is 37.9.